The molecular weight excluding hydrogens is 599 g/mol. The molecule has 0 aliphatic carbocycles. The van der Waals surface area contributed by atoms with Crippen LogP contribution in [0.4, 0.5) is 0 Å². The van der Waals surface area contributed by atoms with Gasteiger partial charge in [0.25, 0.3) is 0 Å². The molecule has 12 rings (SSSR count). The molecule has 0 bridgehead atoms. The maximum Gasteiger partial charge on any atom is 0.160 e. The minimum atomic E-state index is 0.879. The van der Waals surface area contributed by atoms with Gasteiger partial charge >= 0.3 is 0 Å². The zero-order valence-corrected chi connectivity index (χ0v) is 26.2. The zero-order chi connectivity index (χ0) is 31.8. The summed E-state index contributed by atoms with van der Waals surface area (Å²) in [6.07, 6.45) is 0. The number of furan rings is 2. The van der Waals surface area contributed by atoms with E-state index in [0.717, 1.165) is 60.6 Å². The number of hydrogen-bond acceptors (Lipinski definition) is 2. The van der Waals surface area contributed by atoms with Crippen LogP contribution in [0.15, 0.2) is 160 Å². The monoisotopic (exact) mass is 623 g/mol. The third-order valence-corrected chi connectivity index (χ3v) is 10.7. The normalized spacial score (nSPS) is 12.5. The number of aromatic nitrogens is 1. The van der Waals surface area contributed by atoms with Crippen LogP contribution < -0.4 is 0 Å². The van der Waals surface area contributed by atoms with E-state index in [4.69, 9.17) is 8.83 Å². The molecular formula is C46H25NO2. The number of hydrogen-bond donors (Lipinski definition) is 0. The molecule has 226 valence electrons. The summed E-state index contributed by atoms with van der Waals surface area (Å²) < 4.78 is 15.8. The first-order valence-electron chi connectivity index (χ1n) is 16.8. The van der Waals surface area contributed by atoms with E-state index in [1.807, 2.05) is 6.07 Å². The van der Waals surface area contributed by atoms with Crippen molar-refractivity contribution >= 4 is 109 Å². The van der Waals surface area contributed by atoms with Crippen LogP contribution in [0.3, 0.4) is 0 Å². The molecule has 0 aliphatic rings. The second-order valence-corrected chi connectivity index (χ2v) is 13.2. The maximum atomic E-state index is 6.97. The molecule has 0 saturated carbocycles. The zero-order valence-electron chi connectivity index (χ0n) is 26.2. The van der Waals surface area contributed by atoms with Crippen molar-refractivity contribution in [3.63, 3.8) is 0 Å². The Morgan fingerprint density at radius 3 is 1.57 bits per heavy atom. The van der Waals surface area contributed by atoms with Crippen LogP contribution in [-0.2, 0) is 0 Å². The third-order valence-electron chi connectivity index (χ3n) is 10.7. The second-order valence-electron chi connectivity index (χ2n) is 13.2. The van der Waals surface area contributed by atoms with Gasteiger partial charge in [-0.05, 0) is 80.2 Å². The van der Waals surface area contributed by atoms with E-state index in [-0.39, 0.29) is 0 Å². The second kappa shape index (κ2) is 9.06. The van der Waals surface area contributed by atoms with Gasteiger partial charge in [0.05, 0.1) is 11.0 Å². The van der Waals surface area contributed by atoms with E-state index in [1.165, 1.54) is 53.9 Å². The smallest absolute Gasteiger partial charge is 0.160 e. The van der Waals surface area contributed by atoms with Gasteiger partial charge < -0.3 is 13.4 Å². The van der Waals surface area contributed by atoms with Crippen LogP contribution in [-0.4, -0.2) is 4.57 Å². The SMILES string of the molecule is c1ccc2c(c1)oc1ccc3c(c12)c1c2ccccc2oc1c1c3c2ccccc2n1-c1ccc2c3ccccc3c3ccccc3c2c1. The highest BCUT2D eigenvalue weighted by molar-refractivity contribution is 6.41. The van der Waals surface area contributed by atoms with Crippen molar-refractivity contribution in [3.8, 4) is 5.69 Å². The predicted molar refractivity (Wildman–Crippen MR) is 205 cm³/mol. The van der Waals surface area contributed by atoms with Crippen LogP contribution in [0.2, 0.25) is 0 Å². The summed E-state index contributed by atoms with van der Waals surface area (Å²) in [5.41, 5.74) is 6.88. The summed E-state index contributed by atoms with van der Waals surface area (Å²) in [4.78, 5) is 0. The van der Waals surface area contributed by atoms with Gasteiger partial charge in [0, 0.05) is 43.4 Å². The van der Waals surface area contributed by atoms with Crippen LogP contribution >= 0.6 is 0 Å². The molecule has 0 spiro atoms. The highest BCUT2D eigenvalue weighted by atomic mass is 16.3. The van der Waals surface area contributed by atoms with Gasteiger partial charge in [-0.3, -0.25) is 0 Å². The van der Waals surface area contributed by atoms with Gasteiger partial charge in [0.15, 0.2) is 5.58 Å². The van der Waals surface area contributed by atoms with Crippen molar-refractivity contribution in [2.45, 2.75) is 0 Å². The fourth-order valence-corrected chi connectivity index (χ4v) is 8.78. The minimum Gasteiger partial charge on any atom is -0.456 e. The molecule has 3 aromatic heterocycles. The van der Waals surface area contributed by atoms with Crippen LogP contribution in [0.1, 0.15) is 0 Å². The van der Waals surface area contributed by atoms with Crippen molar-refractivity contribution in [3.05, 3.63) is 152 Å². The molecule has 12 aromatic rings. The van der Waals surface area contributed by atoms with Crippen LogP contribution in [0.25, 0.3) is 114 Å². The summed E-state index contributed by atoms with van der Waals surface area (Å²) in [6.45, 7) is 0. The summed E-state index contributed by atoms with van der Waals surface area (Å²) >= 11 is 0. The first-order valence-corrected chi connectivity index (χ1v) is 16.8. The topological polar surface area (TPSA) is 31.2 Å². The largest absolute Gasteiger partial charge is 0.456 e. The summed E-state index contributed by atoms with van der Waals surface area (Å²) in [5.74, 6) is 0. The highest BCUT2D eigenvalue weighted by Crippen LogP contribution is 2.49. The number of fused-ring (bicyclic) bond motifs is 20. The van der Waals surface area contributed by atoms with Crippen molar-refractivity contribution < 1.29 is 8.83 Å². The Morgan fingerprint density at radius 2 is 0.857 bits per heavy atom. The van der Waals surface area contributed by atoms with E-state index in [9.17, 15) is 0 Å². The molecule has 3 heteroatoms. The lowest BCUT2D eigenvalue weighted by atomic mass is 9.94. The Hall–Kier alpha value is -6.58. The Kier molecular flexibility index (Phi) is 4.72. The average molecular weight is 624 g/mol. The van der Waals surface area contributed by atoms with E-state index >= 15 is 0 Å². The fraction of sp³-hybridized carbons (Fsp3) is 0. The standard InChI is InChI=1S/C46H25NO2/c1-2-13-29-27(11-1)28-12-3-4-14-30(28)36-25-26(21-22-31(29)36)47-37-18-8-5-15-32(37)41-35-23-24-40-42(33-16-6-9-19-38(33)48-40)43(35)44-34-17-7-10-20-39(34)49-46(44)45(41)47/h1-25H. The first kappa shape index (κ1) is 25.5. The van der Waals surface area contributed by atoms with E-state index in [1.54, 1.807) is 0 Å². The molecule has 0 N–H and O–H groups in total. The number of nitrogens with zero attached hydrogens (tertiary/aromatic N) is 1. The van der Waals surface area contributed by atoms with Crippen LogP contribution in [0, 0.1) is 0 Å². The number of benzene rings is 9. The molecule has 0 radical (unpaired) electrons. The summed E-state index contributed by atoms with van der Waals surface area (Å²) in [5, 5.41) is 16.8. The lowest BCUT2D eigenvalue weighted by molar-refractivity contribution is 0.669. The molecule has 0 atom stereocenters. The van der Waals surface area contributed by atoms with E-state index in [0.29, 0.717) is 0 Å². The third kappa shape index (κ3) is 3.17. The lowest BCUT2D eigenvalue weighted by Gasteiger charge is -2.14. The molecule has 0 aliphatic heterocycles. The molecule has 0 saturated heterocycles. The van der Waals surface area contributed by atoms with E-state index < -0.39 is 0 Å². The van der Waals surface area contributed by atoms with Gasteiger partial charge in [-0.25, -0.2) is 0 Å². The van der Waals surface area contributed by atoms with Gasteiger partial charge in [-0.2, -0.15) is 0 Å². The van der Waals surface area contributed by atoms with Gasteiger partial charge in [-0.15, -0.1) is 0 Å². The van der Waals surface area contributed by atoms with Crippen LogP contribution in [0.5, 0.6) is 0 Å². The lowest BCUT2D eigenvalue weighted by Crippen LogP contribution is -1.95. The molecule has 3 heterocycles. The molecule has 9 aromatic carbocycles. The molecule has 0 unspecified atom stereocenters. The van der Waals surface area contributed by atoms with Gasteiger partial charge in [0.1, 0.15) is 16.7 Å². The van der Waals surface area contributed by atoms with Gasteiger partial charge in [0.2, 0.25) is 0 Å². The summed E-state index contributed by atoms with van der Waals surface area (Å²) in [6, 6.07) is 54.5. The fourth-order valence-electron chi connectivity index (χ4n) is 8.78. The molecule has 0 amide bonds. The predicted octanol–water partition coefficient (Wildman–Crippen LogP) is 13.2. The highest BCUT2D eigenvalue weighted by Gasteiger charge is 2.25. The summed E-state index contributed by atoms with van der Waals surface area (Å²) in [7, 11) is 0. The number of para-hydroxylation sites is 3. The van der Waals surface area contributed by atoms with Crippen molar-refractivity contribution in [2.75, 3.05) is 0 Å². The molecule has 49 heavy (non-hydrogen) atoms. The van der Waals surface area contributed by atoms with Crippen molar-refractivity contribution in [1.29, 1.82) is 0 Å². The Balaban J connectivity index is 1.33. The average Bonchev–Trinajstić information content (AvgIpc) is 3.85. The molecule has 3 nitrogen and oxygen atoms in total. The Bertz CT molecular complexity index is 3360. The molecule has 0 fully saturated rings. The maximum absolute atomic E-state index is 6.97. The first-order chi connectivity index (χ1) is 24.3. The minimum absolute atomic E-state index is 0.879. The van der Waals surface area contributed by atoms with Crippen molar-refractivity contribution in [1.82, 2.24) is 4.57 Å². The van der Waals surface area contributed by atoms with E-state index in [2.05, 4.69) is 150 Å². The quantitative estimate of drug-likeness (QED) is 0.170. The van der Waals surface area contributed by atoms with Crippen molar-refractivity contribution in [2.24, 2.45) is 0 Å². The Morgan fingerprint density at radius 1 is 0.327 bits per heavy atom. The number of rotatable bonds is 1. The van der Waals surface area contributed by atoms with Gasteiger partial charge in [-0.1, -0.05) is 109 Å². The Labute approximate surface area is 278 Å².